The minimum Gasteiger partial charge on any atom is -0.394 e. The van der Waals surface area contributed by atoms with Crippen LogP contribution in [-0.4, -0.2) is 25.9 Å². The first-order valence-electron chi connectivity index (χ1n) is 4.70. The van der Waals surface area contributed by atoms with Gasteiger partial charge in [0.05, 0.1) is 23.3 Å². The molecule has 0 unspecified atom stereocenters. The second-order valence-electron chi connectivity index (χ2n) is 3.26. The van der Waals surface area contributed by atoms with Crippen molar-refractivity contribution in [2.24, 2.45) is 5.73 Å². The van der Waals surface area contributed by atoms with Crippen molar-refractivity contribution in [3.8, 4) is 0 Å². The maximum Gasteiger partial charge on any atom is 0.178 e. The van der Waals surface area contributed by atoms with Crippen LogP contribution in [0.5, 0.6) is 0 Å². The van der Waals surface area contributed by atoms with E-state index in [9.17, 15) is 8.42 Å². The highest BCUT2D eigenvalue weighted by Crippen LogP contribution is 2.15. The summed E-state index contributed by atoms with van der Waals surface area (Å²) in [5, 5.41) is 8.82. The molecule has 0 aliphatic carbocycles. The third-order valence-corrected chi connectivity index (χ3v) is 3.99. The average molecular weight is 229 g/mol. The van der Waals surface area contributed by atoms with E-state index in [1.807, 2.05) is 0 Å². The van der Waals surface area contributed by atoms with Crippen molar-refractivity contribution in [3.63, 3.8) is 0 Å². The van der Waals surface area contributed by atoms with Crippen LogP contribution in [0.3, 0.4) is 0 Å². The van der Waals surface area contributed by atoms with E-state index in [1.165, 1.54) is 12.1 Å². The monoisotopic (exact) mass is 229 g/mol. The Balaban J connectivity index is 3.00. The van der Waals surface area contributed by atoms with Crippen LogP contribution in [0.2, 0.25) is 0 Å². The fourth-order valence-corrected chi connectivity index (χ4v) is 2.08. The highest BCUT2D eigenvalue weighted by Gasteiger charge is 2.12. The number of rotatable bonds is 4. The maximum absolute atomic E-state index is 11.5. The number of hydrogen-bond donors (Lipinski definition) is 2. The molecular formula is C10H15NO3S. The summed E-state index contributed by atoms with van der Waals surface area (Å²) in [6, 6.07) is 5.84. The predicted octanol–water partition coefficient (Wildman–Crippen LogP) is 0.472. The smallest absolute Gasteiger partial charge is 0.178 e. The Labute approximate surface area is 89.7 Å². The number of benzene rings is 1. The zero-order valence-corrected chi connectivity index (χ0v) is 9.37. The fourth-order valence-electron chi connectivity index (χ4n) is 1.19. The number of nitrogens with two attached hydrogens (primary N) is 1. The largest absolute Gasteiger partial charge is 0.394 e. The summed E-state index contributed by atoms with van der Waals surface area (Å²) < 4.78 is 22.9. The topological polar surface area (TPSA) is 80.4 Å². The molecule has 84 valence electrons. The SMILES string of the molecule is CCS(=O)(=O)c1ccc([C@@H](N)CO)cc1. The van der Waals surface area contributed by atoms with Gasteiger partial charge in [-0.1, -0.05) is 19.1 Å². The second kappa shape index (κ2) is 4.74. The van der Waals surface area contributed by atoms with Gasteiger partial charge in [0.1, 0.15) is 0 Å². The van der Waals surface area contributed by atoms with Crippen LogP contribution >= 0.6 is 0 Å². The Morgan fingerprint density at radius 3 is 2.27 bits per heavy atom. The first-order valence-corrected chi connectivity index (χ1v) is 6.35. The molecule has 4 nitrogen and oxygen atoms in total. The molecule has 0 aliphatic rings. The molecule has 0 radical (unpaired) electrons. The molecule has 0 aromatic heterocycles. The minimum absolute atomic E-state index is 0.0817. The first-order chi connectivity index (χ1) is 7.01. The summed E-state index contributed by atoms with van der Waals surface area (Å²) in [5.74, 6) is 0.0817. The van der Waals surface area contributed by atoms with Crippen LogP contribution in [0.25, 0.3) is 0 Å². The maximum atomic E-state index is 11.5. The molecule has 0 amide bonds. The molecule has 3 N–H and O–H groups in total. The average Bonchev–Trinajstić information content (AvgIpc) is 2.28. The third-order valence-electron chi connectivity index (χ3n) is 2.24. The van der Waals surface area contributed by atoms with Gasteiger partial charge in [-0.15, -0.1) is 0 Å². The van der Waals surface area contributed by atoms with Gasteiger partial charge in [0.25, 0.3) is 0 Å². The molecule has 1 atom stereocenters. The summed E-state index contributed by atoms with van der Waals surface area (Å²) in [7, 11) is -3.15. The Bertz CT molecular complexity index is 411. The lowest BCUT2D eigenvalue weighted by Gasteiger charge is -2.09. The van der Waals surface area contributed by atoms with Crippen molar-refractivity contribution in [1.29, 1.82) is 0 Å². The van der Waals surface area contributed by atoms with Gasteiger partial charge in [-0.05, 0) is 17.7 Å². The fraction of sp³-hybridized carbons (Fsp3) is 0.400. The third kappa shape index (κ3) is 2.77. The number of aliphatic hydroxyl groups excluding tert-OH is 1. The van der Waals surface area contributed by atoms with Gasteiger partial charge in [0.2, 0.25) is 0 Å². The van der Waals surface area contributed by atoms with E-state index in [0.717, 1.165) is 5.56 Å². The Kier molecular flexibility index (Phi) is 3.84. The van der Waals surface area contributed by atoms with Crippen molar-refractivity contribution in [2.75, 3.05) is 12.4 Å². The Morgan fingerprint density at radius 1 is 1.33 bits per heavy atom. The van der Waals surface area contributed by atoms with E-state index in [1.54, 1.807) is 19.1 Å². The van der Waals surface area contributed by atoms with Gasteiger partial charge in [0.15, 0.2) is 9.84 Å². The quantitative estimate of drug-likeness (QED) is 0.786. The standard InChI is InChI=1S/C10H15NO3S/c1-2-15(13,14)9-5-3-8(4-6-9)10(11)7-12/h3-6,10,12H,2,7,11H2,1H3/t10-/m0/s1. The molecular weight excluding hydrogens is 214 g/mol. The molecule has 1 rings (SSSR count). The van der Waals surface area contributed by atoms with Crippen molar-refractivity contribution in [2.45, 2.75) is 17.9 Å². The second-order valence-corrected chi connectivity index (χ2v) is 5.54. The molecule has 1 aromatic rings. The summed E-state index contributed by atoms with van der Waals surface area (Å²) in [6.07, 6.45) is 0. The molecule has 1 aromatic carbocycles. The van der Waals surface area contributed by atoms with E-state index in [4.69, 9.17) is 10.8 Å². The highest BCUT2D eigenvalue weighted by atomic mass is 32.2. The predicted molar refractivity (Wildman–Crippen MR) is 58.2 cm³/mol. The molecule has 0 bridgehead atoms. The normalized spacial score (nSPS) is 13.8. The molecule has 0 spiro atoms. The van der Waals surface area contributed by atoms with Gasteiger partial charge in [-0.3, -0.25) is 0 Å². The van der Waals surface area contributed by atoms with Crippen molar-refractivity contribution in [1.82, 2.24) is 0 Å². The van der Waals surface area contributed by atoms with E-state index in [-0.39, 0.29) is 12.4 Å². The van der Waals surface area contributed by atoms with E-state index >= 15 is 0 Å². The molecule has 15 heavy (non-hydrogen) atoms. The zero-order chi connectivity index (χ0) is 11.5. The lowest BCUT2D eigenvalue weighted by Crippen LogP contribution is -2.14. The number of hydrogen-bond acceptors (Lipinski definition) is 4. The van der Waals surface area contributed by atoms with E-state index in [0.29, 0.717) is 4.90 Å². The van der Waals surface area contributed by atoms with Gasteiger partial charge in [-0.2, -0.15) is 0 Å². The van der Waals surface area contributed by atoms with Gasteiger partial charge in [-0.25, -0.2) is 8.42 Å². The van der Waals surface area contributed by atoms with Crippen LogP contribution in [0, 0.1) is 0 Å². The van der Waals surface area contributed by atoms with E-state index < -0.39 is 15.9 Å². The van der Waals surface area contributed by atoms with Gasteiger partial charge >= 0.3 is 0 Å². The summed E-state index contributed by atoms with van der Waals surface area (Å²) in [5.41, 5.74) is 6.32. The van der Waals surface area contributed by atoms with Gasteiger partial charge < -0.3 is 10.8 Å². The summed E-state index contributed by atoms with van der Waals surface area (Å²) >= 11 is 0. The van der Waals surface area contributed by atoms with E-state index in [2.05, 4.69) is 0 Å². The van der Waals surface area contributed by atoms with Crippen LogP contribution in [0.1, 0.15) is 18.5 Å². The van der Waals surface area contributed by atoms with Crippen LogP contribution in [-0.2, 0) is 9.84 Å². The first kappa shape index (κ1) is 12.2. The van der Waals surface area contributed by atoms with Gasteiger partial charge in [0, 0.05) is 0 Å². The van der Waals surface area contributed by atoms with Crippen molar-refractivity contribution < 1.29 is 13.5 Å². The number of sulfone groups is 1. The lowest BCUT2D eigenvalue weighted by atomic mass is 10.1. The molecule has 5 heteroatoms. The van der Waals surface area contributed by atoms with Crippen LogP contribution < -0.4 is 5.73 Å². The molecule has 0 aliphatic heterocycles. The van der Waals surface area contributed by atoms with Crippen LogP contribution in [0.15, 0.2) is 29.2 Å². The highest BCUT2D eigenvalue weighted by molar-refractivity contribution is 7.91. The molecule has 0 saturated heterocycles. The molecule has 0 saturated carbocycles. The summed E-state index contributed by atoms with van der Waals surface area (Å²) in [4.78, 5) is 0.291. The Morgan fingerprint density at radius 2 is 1.87 bits per heavy atom. The summed E-state index contributed by atoms with van der Waals surface area (Å²) in [6.45, 7) is 1.45. The zero-order valence-electron chi connectivity index (χ0n) is 8.55. The number of aliphatic hydroxyl groups is 1. The van der Waals surface area contributed by atoms with Crippen molar-refractivity contribution in [3.05, 3.63) is 29.8 Å². The molecule has 0 fully saturated rings. The molecule has 0 heterocycles. The Hall–Kier alpha value is -0.910. The lowest BCUT2D eigenvalue weighted by molar-refractivity contribution is 0.268. The minimum atomic E-state index is -3.15. The van der Waals surface area contributed by atoms with Crippen molar-refractivity contribution >= 4 is 9.84 Å². The van der Waals surface area contributed by atoms with Crippen LogP contribution in [0.4, 0.5) is 0 Å².